The zero-order valence-electron chi connectivity index (χ0n) is 12.0. The molecule has 2 heterocycles. The zero-order chi connectivity index (χ0) is 17.2. The lowest BCUT2D eigenvalue weighted by Gasteiger charge is -2.01. The highest BCUT2D eigenvalue weighted by atomic mass is 32.2. The Hall–Kier alpha value is -2.43. The molecule has 2 N–H and O–H groups in total. The van der Waals surface area contributed by atoms with Gasteiger partial charge >= 0.3 is 0 Å². The fraction of sp³-hybridized carbons (Fsp3) is 0.0714. The molecule has 10 heteroatoms. The molecule has 0 saturated carbocycles. The molecule has 0 amide bonds. The number of sulfone groups is 1. The highest BCUT2D eigenvalue weighted by molar-refractivity contribution is 7.93. The molecular weight excluding hydrogens is 355 g/mol. The second-order valence-corrected chi connectivity index (χ2v) is 7.98. The van der Waals surface area contributed by atoms with E-state index in [-0.39, 0.29) is 14.9 Å². The van der Waals surface area contributed by atoms with Crippen molar-refractivity contribution >= 4 is 27.3 Å². The van der Waals surface area contributed by atoms with Crippen molar-refractivity contribution in [3.8, 4) is 0 Å². The molecule has 3 aromatic rings. The number of thiophene rings is 1. The van der Waals surface area contributed by atoms with Crippen molar-refractivity contribution in [3.05, 3.63) is 59.0 Å². The number of halogens is 1. The second kappa shape index (κ2) is 6.59. The van der Waals surface area contributed by atoms with Gasteiger partial charge in [-0.15, -0.1) is 21.5 Å². The Kier molecular flexibility index (Phi) is 4.51. The quantitative estimate of drug-likeness (QED) is 0.668. The standard InChI is InChI=1S/C14H11FN4O3S2/c15-9-1-5-11(6-2-9)24(21,22)13-8-4-10(23-13)3-7-12(20)14-16-18-19-17-14/h1-8,12,20H,(H,16,17,18,19). The van der Waals surface area contributed by atoms with Crippen LogP contribution in [0.5, 0.6) is 0 Å². The van der Waals surface area contributed by atoms with Crippen molar-refractivity contribution in [1.29, 1.82) is 0 Å². The topological polar surface area (TPSA) is 109 Å². The largest absolute Gasteiger partial charge is 0.381 e. The van der Waals surface area contributed by atoms with Crippen LogP contribution < -0.4 is 0 Å². The molecule has 1 atom stereocenters. The van der Waals surface area contributed by atoms with Gasteiger partial charge in [-0.1, -0.05) is 5.21 Å². The Morgan fingerprint density at radius 2 is 1.96 bits per heavy atom. The average Bonchev–Trinajstić information content (AvgIpc) is 3.25. The number of H-pyrrole nitrogens is 1. The van der Waals surface area contributed by atoms with E-state index in [1.54, 1.807) is 12.1 Å². The molecule has 3 rings (SSSR count). The maximum Gasteiger partial charge on any atom is 0.215 e. The Bertz CT molecular complexity index is 950. The summed E-state index contributed by atoms with van der Waals surface area (Å²) in [4.78, 5) is 0.645. The highest BCUT2D eigenvalue weighted by Gasteiger charge is 2.19. The van der Waals surface area contributed by atoms with Crippen molar-refractivity contribution in [2.45, 2.75) is 15.2 Å². The molecule has 0 radical (unpaired) electrons. The van der Waals surface area contributed by atoms with Gasteiger partial charge in [-0.05, 0) is 48.6 Å². The van der Waals surface area contributed by atoms with E-state index >= 15 is 0 Å². The van der Waals surface area contributed by atoms with Crippen LogP contribution in [0.1, 0.15) is 16.8 Å². The molecule has 1 aromatic carbocycles. The summed E-state index contributed by atoms with van der Waals surface area (Å²) in [5, 5.41) is 22.7. The smallest absolute Gasteiger partial charge is 0.215 e. The predicted molar refractivity (Wildman–Crippen MR) is 84.3 cm³/mol. The summed E-state index contributed by atoms with van der Waals surface area (Å²) in [6.45, 7) is 0. The molecule has 0 fully saturated rings. The number of nitrogens with one attached hydrogen (secondary N) is 1. The van der Waals surface area contributed by atoms with Gasteiger partial charge in [0.05, 0.1) is 4.90 Å². The van der Waals surface area contributed by atoms with Gasteiger partial charge in [0.1, 0.15) is 16.1 Å². The lowest BCUT2D eigenvalue weighted by molar-refractivity contribution is 0.219. The van der Waals surface area contributed by atoms with E-state index in [9.17, 15) is 17.9 Å². The van der Waals surface area contributed by atoms with Gasteiger partial charge in [-0.2, -0.15) is 5.21 Å². The van der Waals surface area contributed by atoms with Crippen molar-refractivity contribution in [2.75, 3.05) is 0 Å². The van der Waals surface area contributed by atoms with Crippen LogP contribution in [0.25, 0.3) is 6.08 Å². The normalized spacial score (nSPS) is 13.4. The van der Waals surface area contributed by atoms with Gasteiger partial charge in [0.2, 0.25) is 15.7 Å². The van der Waals surface area contributed by atoms with Gasteiger partial charge < -0.3 is 5.11 Å². The van der Waals surface area contributed by atoms with Crippen LogP contribution in [0.3, 0.4) is 0 Å². The highest BCUT2D eigenvalue weighted by Crippen LogP contribution is 2.29. The summed E-state index contributed by atoms with van der Waals surface area (Å²) in [5.41, 5.74) is 0. The van der Waals surface area contributed by atoms with E-state index in [1.165, 1.54) is 24.3 Å². The molecule has 1 unspecified atom stereocenters. The molecule has 0 aliphatic heterocycles. The van der Waals surface area contributed by atoms with Crippen LogP contribution in [0, 0.1) is 5.82 Å². The fourth-order valence-electron chi connectivity index (χ4n) is 1.87. The van der Waals surface area contributed by atoms with Gasteiger partial charge in [-0.3, -0.25) is 0 Å². The molecule has 0 aliphatic carbocycles. The molecule has 0 bridgehead atoms. The van der Waals surface area contributed by atoms with Crippen LogP contribution in [-0.4, -0.2) is 34.1 Å². The number of rotatable bonds is 5. The van der Waals surface area contributed by atoms with Crippen LogP contribution in [0.15, 0.2) is 51.6 Å². The molecule has 0 aliphatic rings. The van der Waals surface area contributed by atoms with Crippen molar-refractivity contribution in [2.24, 2.45) is 0 Å². The molecule has 24 heavy (non-hydrogen) atoms. The average molecular weight is 366 g/mol. The summed E-state index contributed by atoms with van der Waals surface area (Å²) in [6.07, 6.45) is 1.93. The second-order valence-electron chi connectivity index (χ2n) is 4.69. The van der Waals surface area contributed by atoms with E-state index in [1.807, 2.05) is 0 Å². The van der Waals surface area contributed by atoms with Crippen LogP contribution in [0.4, 0.5) is 4.39 Å². The van der Waals surface area contributed by atoms with Gasteiger partial charge in [0, 0.05) is 4.88 Å². The van der Waals surface area contributed by atoms with Crippen LogP contribution in [-0.2, 0) is 9.84 Å². The first-order valence-electron chi connectivity index (χ1n) is 6.67. The lowest BCUT2D eigenvalue weighted by Crippen LogP contribution is -1.99. The summed E-state index contributed by atoms with van der Waals surface area (Å²) in [7, 11) is -3.70. The number of tetrazole rings is 1. The monoisotopic (exact) mass is 366 g/mol. The molecule has 0 spiro atoms. The maximum absolute atomic E-state index is 12.9. The Morgan fingerprint density at radius 3 is 2.62 bits per heavy atom. The summed E-state index contributed by atoms with van der Waals surface area (Å²) in [6, 6.07) is 7.72. The van der Waals surface area contributed by atoms with E-state index in [0.29, 0.717) is 4.88 Å². The summed E-state index contributed by atoms with van der Waals surface area (Å²) in [5.74, 6) is -0.388. The number of aliphatic hydroxyl groups is 1. The number of hydrogen-bond donors (Lipinski definition) is 2. The van der Waals surface area contributed by atoms with E-state index in [4.69, 9.17) is 0 Å². The predicted octanol–water partition coefficient (Wildman–Crippen LogP) is 1.98. The van der Waals surface area contributed by atoms with Crippen LogP contribution >= 0.6 is 11.3 Å². The SMILES string of the molecule is O=S(=O)(c1ccc(F)cc1)c1ccc(C=CC(O)c2nn[nH]n2)s1. The van der Waals surface area contributed by atoms with Gasteiger partial charge in [0.25, 0.3) is 0 Å². The molecular formula is C14H11FN4O3S2. The lowest BCUT2D eigenvalue weighted by atomic mass is 10.3. The van der Waals surface area contributed by atoms with Crippen molar-refractivity contribution < 1.29 is 17.9 Å². The van der Waals surface area contributed by atoms with E-state index < -0.39 is 21.8 Å². The third-order valence-electron chi connectivity index (χ3n) is 3.06. The fourth-order valence-corrected chi connectivity index (χ4v) is 4.51. The summed E-state index contributed by atoms with van der Waals surface area (Å²) < 4.78 is 38.0. The molecule has 124 valence electrons. The Labute approximate surface area is 140 Å². The first kappa shape index (κ1) is 16.4. The number of aromatic nitrogens is 4. The first-order valence-corrected chi connectivity index (χ1v) is 8.97. The van der Waals surface area contributed by atoms with Gasteiger partial charge in [-0.25, -0.2) is 12.8 Å². The van der Waals surface area contributed by atoms with Gasteiger partial charge in [0.15, 0.2) is 0 Å². The number of hydrogen-bond acceptors (Lipinski definition) is 7. The van der Waals surface area contributed by atoms with Crippen molar-refractivity contribution in [1.82, 2.24) is 20.6 Å². The maximum atomic E-state index is 12.9. The molecule has 0 saturated heterocycles. The van der Waals surface area contributed by atoms with E-state index in [2.05, 4.69) is 20.6 Å². The number of nitrogens with zero attached hydrogens (tertiary/aromatic N) is 3. The molecule has 7 nitrogen and oxygen atoms in total. The third kappa shape index (κ3) is 3.40. The number of aliphatic hydroxyl groups excluding tert-OH is 1. The Balaban J connectivity index is 1.81. The third-order valence-corrected chi connectivity index (χ3v) is 6.37. The first-order chi connectivity index (χ1) is 11.5. The minimum absolute atomic E-state index is 0.0214. The summed E-state index contributed by atoms with van der Waals surface area (Å²) >= 11 is 1.03. The minimum atomic E-state index is -3.70. The number of aromatic amines is 1. The number of benzene rings is 1. The minimum Gasteiger partial charge on any atom is -0.381 e. The molecule has 2 aromatic heterocycles. The van der Waals surface area contributed by atoms with E-state index in [0.717, 1.165) is 23.5 Å². The zero-order valence-corrected chi connectivity index (χ0v) is 13.6. The van der Waals surface area contributed by atoms with Crippen molar-refractivity contribution in [3.63, 3.8) is 0 Å². The van der Waals surface area contributed by atoms with Crippen LogP contribution in [0.2, 0.25) is 0 Å². The Morgan fingerprint density at radius 1 is 1.21 bits per heavy atom.